The van der Waals surface area contributed by atoms with Crippen LogP contribution in [0.25, 0.3) is 16.5 Å². The summed E-state index contributed by atoms with van der Waals surface area (Å²) in [5.41, 5.74) is 2.15. The number of aryl methyl sites for hydroxylation is 1. The predicted molar refractivity (Wildman–Crippen MR) is 87.1 cm³/mol. The molecule has 0 saturated heterocycles. The lowest BCUT2D eigenvalue weighted by molar-refractivity contribution is 0.746. The summed E-state index contributed by atoms with van der Waals surface area (Å²) in [6.07, 6.45) is 7.73. The second kappa shape index (κ2) is 5.15. The van der Waals surface area contributed by atoms with E-state index < -0.39 is 0 Å². The molecule has 2 aromatic carbocycles. The fourth-order valence-corrected chi connectivity index (χ4v) is 2.67. The zero-order valence-electron chi connectivity index (χ0n) is 12.3. The third-order valence-corrected chi connectivity index (χ3v) is 3.92. The quantitative estimate of drug-likeness (QED) is 0.577. The molecule has 0 aliphatic heterocycles. The highest BCUT2D eigenvalue weighted by Crippen LogP contribution is 2.18. The van der Waals surface area contributed by atoms with Gasteiger partial charge in [-0.3, -0.25) is 0 Å². The first-order chi connectivity index (χ1) is 10.8. The molecule has 0 aliphatic rings. The summed E-state index contributed by atoms with van der Waals surface area (Å²) in [7, 11) is 0. The van der Waals surface area contributed by atoms with Gasteiger partial charge >= 0.3 is 0 Å². The Morgan fingerprint density at radius 1 is 1.00 bits per heavy atom. The van der Waals surface area contributed by atoms with Gasteiger partial charge in [-0.2, -0.15) is 0 Å². The van der Waals surface area contributed by atoms with Crippen molar-refractivity contribution in [2.45, 2.75) is 13.5 Å². The normalized spacial score (nSPS) is 11.1. The zero-order valence-corrected chi connectivity index (χ0v) is 12.3. The van der Waals surface area contributed by atoms with E-state index in [2.05, 4.69) is 67.8 Å². The van der Waals surface area contributed by atoms with E-state index in [0.717, 1.165) is 23.8 Å². The Balaban J connectivity index is 1.66. The molecule has 4 rings (SSSR count). The number of rotatable bonds is 3. The summed E-state index contributed by atoms with van der Waals surface area (Å²) < 4.78 is 4.15. The molecule has 0 spiro atoms. The van der Waals surface area contributed by atoms with Crippen molar-refractivity contribution >= 4 is 10.8 Å². The number of imidazole rings is 2. The second-order valence-electron chi connectivity index (χ2n) is 5.41. The van der Waals surface area contributed by atoms with Gasteiger partial charge in [0.2, 0.25) is 0 Å². The lowest BCUT2D eigenvalue weighted by Crippen LogP contribution is -2.00. The van der Waals surface area contributed by atoms with Crippen molar-refractivity contribution in [3.05, 3.63) is 78.9 Å². The van der Waals surface area contributed by atoms with Gasteiger partial charge in [-0.25, -0.2) is 9.97 Å². The van der Waals surface area contributed by atoms with Crippen LogP contribution in [-0.2, 0) is 6.54 Å². The highest BCUT2D eigenvalue weighted by molar-refractivity contribution is 5.84. The van der Waals surface area contributed by atoms with Gasteiger partial charge in [0.05, 0.1) is 18.6 Å². The van der Waals surface area contributed by atoms with Crippen molar-refractivity contribution in [3.63, 3.8) is 0 Å². The smallest absolute Gasteiger partial charge is 0.105 e. The van der Waals surface area contributed by atoms with E-state index in [-0.39, 0.29) is 0 Å². The van der Waals surface area contributed by atoms with E-state index in [1.807, 2.05) is 25.6 Å². The molecule has 0 unspecified atom stereocenters. The third kappa shape index (κ3) is 2.29. The molecule has 0 bridgehead atoms. The Labute approximate surface area is 128 Å². The molecule has 0 amide bonds. The van der Waals surface area contributed by atoms with Crippen molar-refractivity contribution in [1.82, 2.24) is 19.1 Å². The Bertz CT molecular complexity index is 933. The van der Waals surface area contributed by atoms with Crippen molar-refractivity contribution in [3.8, 4) is 5.69 Å². The topological polar surface area (TPSA) is 35.6 Å². The van der Waals surface area contributed by atoms with Crippen LogP contribution in [-0.4, -0.2) is 19.1 Å². The van der Waals surface area contributed by atoms with E-state index in [1.54, 1.807) is 0 Å². The molecule has 4 aromatic rings. The zero-order chi connectivity index (χ0) is 14.9. The van der Waals surface area contributed by atoms with Crippen LogP contribution in [0.5, 0.6) is 0 Å². The van der Waals surface area contributed by atoms with Crippen molar-refractivity contribution < 1.29 is 0 Å². The Kier molecular flexibility index (Phi) is 3.00. The molecule has 0 saturated carbocycles. The largest absolute Gasteiger partial charge is 0.329 e. The standard InChI is InChI=1S/C18H16N4/c1-14-19-8-9-21(14)11-17-12-22(13-20-17)18-7-6-15-4-2-3-5-16(15)10-18/h2-10,12-13H,11H2,1H3. The van der Waals surface area contributed by atoms with Gasteiger partial charge in [0.15, 0.2) is 0 Å². The van der Waals surface area contributed by atoms with E-state index in [4.69, 9.17) is 0 Å². The summed E-state index contributed by atoms with van der Waals surface area (Å²) in [5.74, 6) is 1.00. The van der Waals surface area contributed by atoms with Gasteiger partial charge in [-0.15, -0.1) is 0 Å². The minimum Gasteiger partial charge on any atom is -0.329 e. The summed E-state index contributed by atoms with van der Waals surface area (Å²) in [4.78, 5) is 8.74. The minimum absolute atomic E-state index is 0.742. The van der Waals surface area contributed by atoms with Gasteiger partial charge in [0.1, 0.15) is 5.82 Å². The predicted octanol–water partition coefficient (Wildman–Crippen LogP) is 3.58. The van der Waals surface area contributed by atoms with Crippen LogP contribution in [0.15, 0.2) is 67.4 Å². The van der Waals surface area contributed by atoms with Gasteiger partial charge in [0, 0.05) is 24.3 Å². The molecule has 4 heteroatoms. The van der Waals surface area contributed by atoms with Crippen LogP contribution in [0.4, 0.5) is 0 Å². The average molecular weight is 288 g/mol. The highest BCUT2D eigenvalue weighted by atomic mass is 15.1. The molecule has 0 aliphatic carbocycles. The van der Waals surface area contributed by atoms with Crippen LogP contribution in [0.1, 0.15) is 11.5 Å². The molecule has 108 valence electrons. The van der Waals surface area contributed by atoms with Crippen molar-refractivity contribution in [2.24, 2.45) is 0 Å². The molecule has 0 radical (unpaired) electrons. The maximum Gasteiger partial charge on any atom is 0.105 e. The Hall–Kier alpha value is -2.88. The molecular weight excluding hydrogens is 272 g/mol. The van der Waals surface area contributed by atoms with Crippen LogP contribution in [0.3, 0.4) is 0 Å². The number of aromatic nitrogens is 4. The number of fused-ring (bicyclic) bond motifs is 1. The molecule has 0 N–H and O–H groups in total. The summed E-state index contributed by atoms with van der Waals surface area (Å²) in [6.45, 7) is 2.74. The van der Waals surface area contributed by atoms with Gasteiger partial charge < -0.3 is 9.13 Å². The number of benzene rings is 2. The lowest BCUT2D eigenvalue weighted by Gasteiger charge is -2.04. The molecule has 2 aromatic heterocycles. The monoisotopic (exact) mass is 288 g/mol. The van der Waals surface area contributed by atoms with Crippen molar-refractivity contribution in [1.29, 1.82) is 0 Å². The van der Waals surface area contributed by atoms with Crippen LogP contribution in [0.2, 0.25) is 0 Å². The molecular formula is C18H16N4. The minimum atomic E-state index is 0.742. The number of hydrogen-bond donors (Lipinski definition) is 0. The maximum atomic E-state index is 4.50. The van der Waals surface area contributed by atoms with Gasteiger partial charge in [0.25, 0.3) is 0 Å². The first-order valence-corrected chi connectivity index (χ1v) is 7.29. The number of nitrogens with zero attached hydrogens (tertiary/aromatic N) is 4. The van der Waals surface area contributed by atoms with Gasteiger partial charge in [-0.1, -0.05) is 30.3 Å². The fraction of sp³-hybridized carbons (Fsp3) is 0.111. The molecule has 0 atom stereocenters. The molecule has 22 heavy (non-hydrogen) atoms. The van der Waals surface area contributed by atoms with Crippen LogP contribution < -0.4 is 0 Å². The Morgan fingerprint density at radius 3 is 2.68 bits per heavy atom. The van der Waals surface area contributed by atoms with E-state index in [0.29, 0.717) is 0 Å². The van der Waals surface area contributed by atoms with Gasteiger partial charge in [-0.05, 0) is 29.8 Å². The maximum absolute atomic E-state index is 4.50. The molecule has 0 fully saturated rings. The van der Waals surface area contributed by atoms with Crippen molar-refractivity contribution in [2.75, 3.05) is 0 Å². The summed E-state index contributed by atoms with van der Waals surface area (Å²) in [6, 6.07) is 14.8. The Morgan fingerprint density at radius 2 is 1.86 bits per heavy atom. The molecule has 2 heterocycles. The first-order valence-electron chi connectivity index (χ1n) is 7.29. The first kappa shape index (κ1) is 12.8. The van der Waals surface area contributed by atoms with Crippen LogP contribution >= 0.6 is 0 Å². The lowest BCUT2D eigenvalue weighted by atomic mass is 10.1. The van der Waals surface area contributed by atoms with Crippen LogP contribution in [0, 0.1) is 6.92 Å². The van der Waals surface area contributed by atoms with E-state index >= 15 is 0 Å². The summed E-state index contributed by atoms with van der Waals surface area (Å²) in [5, 5.41) is 2.49. The molecule has 4 nitrogen and oxygen atoms in total. The highest BCUT2D eigenvalue weighted by Gasteiger charge is 2.04. The van der Waals surface area contributed by atoms with E-state index in [1.165, 1.54) is 10.8 Å². The average Bonchev–Trinajstić information content (AvgIpc) is 3.17. The number of hydrogen-bond acceptors (Lipinski definition) is 2. The second-order valence-corrected chi connectivity index (χ2v) is 5.41. The SMILES string of the molecule is Cc1nccn1Cc1cn(-c2ccc3ccccc3c2)cn1. The third-order valence-electron chi connectivity index (χ3n) is 3.92. The van der Waals surface area contributed by atoms with E-state index in [9.17, 15) is 0 Å². The summed E-state index contributed by atoms with van der Waals surface area (Å²) >= 11 is 0. The fourth-order valence-electron chi connectivity index (χ4n) is 2.67.